The van der Waals surface area contributed by atoms with E-state index < -0.39 is 18.0 Å². The van der Waals surface area contributed by atoms with Crippen LogP contribution in [0.3, 0.4) is 0 Å². The van der Waals surface area contributed by atoms with Crippen molar-refractivity contribution < 1.29 is 19.1 Å². The van der Waals surface area contributed by atoms with Gasteiger partial charge in [-0.3, -0.25) is 9.59 Å². The molecule has 1 heterocycles. The normalized spacial score (nSPS) is 14.2. The van der Waals surface area contributed by atoms with Gasteiger partial charge in [0.05, 0.1) is 5.69 Å². The lowest BCUT2D eigenvalue weighted by Gasteiger charge is -2.14. The van der Waals surface area contributed by atoms with Gasteiger partial charge in [-0.2, -0.15) is 0 Å². The fourth-order valence-corrected chi connectivity index (χ4v) is 4.13. The first-order valence-electron chi connectivity index (χ1n) is 8.69. The molecule has 0 unspecified atom stereocenters. The standard InChI is InChI=1S/C20H21NO4S/c1-12(22)15-8-4-5-9-16(15)21-19(23)13(2)25-20(24)18-11-14-7-3-6-10-17(14)26-18/h4-5,8-9,11,13H,3,6-7,10H2,1-2H3,(H,21,23)/t13-/m0/s1. The molecule has 1 aromatic heterocycles. The van der Waals surface area contributed by atoms with Crippen LogP contribution in [0.5, 0.6) is 0 Å². The third kappa shape index (κ3) is 4.02. The lowest BCUT2D eigenvalue weighted by atomic mass is 9.99. The van der Waals surface area contributed by atoms with Gasteiger partial charge < -0.3 is 10.1 Å². The number of nitrogens with one attached hydrogen (secondary N) is 1. The summed E-state index contributed by atoms with van der Waals surface area (Å²) in [4.78, 5) is 38.1. The Hall–Kier alpha value is -2.47. The number of rotatable bonds is 5. The van der Waals surface area contributed by atoms with Crippen LogP contribution in [0.15, 0.2) is 30.3 Å². The molecule has 1 aliphatic carbocycles. The highest BCUT2D eigenvalue weighted by molar-refractivity contribution is 7.14. The van der Waals surface area contributed by atoms with Crippen molar-refractivity contribution in [2.24, 2.45) is 0 Å². The van der Waals surface area contributed by atoms with Crippen LogP contribution in [-0.4, -0.2) is 23.8 Å². The molecule has 0 fully saturated rings. The van der Waals surface area contributed by atoms with Crippen LogP contribution in [-0.2, 0) is 22.4 Å². The summed E-state index contributed by atoms with van der Waals surface area (Å²) in [5.74, 6) is -1.09. The number of carbonyl (C=O) groups excluding carboxylic acids is 3. The molecule has 0 saturated heterocycles. The Morgan fingerprint density at radius 1 is 1.15 bits per heavy atom. The molecule has 1 N–H and O–H groups in total. The molecular weight excluding hydrogens is 350 g/mol. The summed E-state index contributed by atoms with van der Waals surface area (Å²) in [6, 6.07) is 8.64. The first-order valence-corrected chi connectivity index (χ1v) is 9.50. The van der Waals surface area contributed by atoms with E-state index in [0.29, 0.717) is 16.1 Å². The fraction of sp³-hybridized carbons (Fsp3) is 0.350. The zero-order valence-corrected chi connectivity index (χ0v) is 15.7. The second-order valence-corrected chi connectivity index (χ2v) is 7.54. The number of ether oxygens (including phenoxy) is 1. The third-order valence-corrected chi connectivity index (χ3v) is 5.63. The van der Waals surface area contributed by atoms with Gasteiger partial charge >= 0.3 is 5.97 Å². The van der Waals surface area contributed by atoms with Crippen LogP contribution in [0.25, 0.3) is 0 Å². The number of amides is 1. The van der Waals surface area contributed by atoms with E-state index >= 15 is 0 Å². The van der Waals surface area contributed by atoms with E-state index in [1.165, 1.54) is 35.6 Å². The highest BCUT2D eigenvalue weighted by atomic mass is 32.1. The monoisotopic (exact) mass is 371 g/mol. The molecule has 3 rings (SSSR count). The number of thiophene rings is 1. The van der Waals surface area contributed by atoms with E-state index in [2.05, 4.69) is 5.32 Å². The summed E-state index contributed by atoms with van der Waals surface area (Å²) in [6.45, 7) is 2.96. The molecule has 1 aromatic carbocycles. The Labute approximate surface area is 156 Å². The van der Waals surface area contributed by atoms with Crippen molar-refractivity contribution in [3.8, 4) is 0 Å². The van der Waals surface area contributed by atoms with Gasteiger partial charge in [0, 0.05) is 10.4 Å². The molecule has 136 valence electrons. The number of carbonyl (C=O) groups is 3. The van der Waals surface area contributed by atoms with E-state index in [1.807, 2.05) is 6.07 Å². The number of esters is 1. The van der Waals surface area contributed by atoms with Gasteiger partial charge in [0.2, 0.25) is 0 Å². The molecular formula is C20H21NO4S. The number of para-hydroxylation sites is 1. The lowest BCUT2D eigenvalue weighted by Crippen LogP contribution is -2.30. The van der Waals surface area contributed by atoms with E-state index in [0.717, 1.165) is 25.7 Å². The molecule has 1 amide bonds. The topological polar surface area (TPSA) is 72.5 Å². The van der Waals surface area contributed by atoms with Crippen molar-refractivity contribution in [2.75, 3.05) is 5.32 Å². The van der Waals surface area contributed by atoms with Crippen LogP contribution < -0.4 is 5.32 Å². The van der Waals surface area contributed by atoms with Crippen LogP contribution >= 0.6 is 11.3 Å². The number of Topliss-reactive ketones (excluding diaryl/α,β-unsaturated/α-hetero) is 1. The third-order valence-electron chi connectivity index (χ3n) is 4.42. The van der Waals surface area contributed by atoms with Crippen molar-refractivity contribution in [2.45, 2.75) is 45.6 Å². The van der Waals surface area contributed by atoms with Gasteiger partial charge in [0.25, 0.3) is 5.91 Å². The molecule has 0 spiro atoms. The maximum Gasteiger partial charge on any atom is 0.349 e. The molecule has 26 heavy (non-hydrogen) atoms. The minimum absolute atomic E-state index is 0.144. The summed E-state index contributed by atoms with van der Waals surface area (Å²) < 4.78 is 5.32. The highest BCUT2D eigenvalue weighted by Crippen LogP contribution is 2.30. The van der Waals surface area contributed by atoms with Gasteiger partial charge in [0.15, 0.2) is 11.9 Å². The predicted molar refractivity (Wildman–Crippen MR) is 101 cm³/mol. The fourth-order valence-electron chi connectivity index (χ4n) is 3.00. The number of hydrogen-bond acceptors (Lipinski definition) is 5. The molecule has 6 heteroatoms. The van der Waals surface area contributed by atoms with Crippen molar-refractivity contribution in [1.29, 1.82) is 0 Å². The molecule has 0 aliphatic heterocycles. The largest absolute Gasteiger partial charge is 0.448 e. The molecule has 2 aromatic rings. The first-order chi connectivity index (χ1) is 12.5. The molecule has 5 nitrogen and oxygen atoms in total. The van der Waals surface area contributed by atoms with E-state index in [1.54, 1.807) is 24.3 Å². The Kier molecular flexibility index (Phi) is 5.52. The number of ketones is 1. The molecule has 0 saturated carbocycles. The maximum absolute atomic E-state index is 12.4. The summed E-state index contributed by atoms with van der Waals surface area (Å²) >= 11 is 1.46. The summed E-state index contributed by atoms with van der Waals surface area (Å²) in [5.41, 5.74) is 2.06. The molecule has 0 bridgehead atoms. The average Bonchev–Trinajstić information content (AvgIpc) is 3.06. The van der Waals surface area contributed by atoms with Gasteiger partial charge in [-0.15, -0.1) is 11.3 Å². The number of benzene rings is 1. The molecule has 1 atom stereocenters. The van der Waals surface area contributed by atoms with Crippen molar-refractivity contribution in [1.82, 2.24) is 0 Å². The van der Waals surface area contributed by atoms with E-state index in [-0.39, 0.29) is 5.78 Å². The number of fused-ring (bicyclic) bond motifs is 1. The van der Waals surface area contributed by atoms with E-state index in [9.17, 15) is 14.4 Å². The smallest absolute Gasteiger partial charge is 0.349 e. The lowest BCUT2D eigenvalue weighted by molar-refractivity contribution is -0.123. The quantitative estimate of drug-likeness (QED) is 0.637. The predicted octanol–water partition coefficient (Wildman–Crippen LogP) is 4.01. The number of hydrogen-bond donors (Lipinski definition) is 1. The van der Waals surface area contributed by atoms with Gasteiger partial charge in [-0.25, -0.2) is 4.79 Å². The molecule has 0 radical (unpaired) electrons. The van der Waals surface area contributed by atoms with Crippen molar-refractivity contribution in [3.63, 3.8) is 0 Å². The zero-order valence-electron chi connectivity index (χ0n) is 14.8. The van der Waals surface area contributed by atoms with Crippen molar-refractivity contribution in [3.05, 3.63) is 51.2 Å². The number of anilines is 1. The van der Waals surface area contributed by atoms with Gasteiger partial charge in [-0.1, -0.05) is 12.1 Å². The molecule has 1 aliphatic rings. The Morgan fingerprint density at radius 2 is 1.88 bits per heavy atom. The minimum atomic E-state index is -0.957. The number of aryl methyl sites for hydroxylation is 2. The minimum Gasteiger partial charge on any atom is -0.448 e. The average molecular weight is 371 g/mol. The van der Waals surface area contributed by atoms with Gasteiger partial charge in [-0.05, 0) is 63.3 Å². The van der Waals surface area contributed by atoms with E-state index in [4.69, 9.17) is 4.74 Å². The van der Waals surface area contributed by atoms with Crippen LogP contribution in [0.2, 0.25) is 0 Å². The first kappa shape index (κ1) is 18.3. The van der Waals surface area contributed by atoms with Gasteiger partial charge in [0.1, 0.15) is 4.88 Å². The van der Waals surface area contributed by atoms with Crippen LogP contribution in [0.1, 0.15) is 57.2 Å². The summed E-state index contributed by atoms with van der Waals surface area (Å²) in [5, 5.41) is 2.66. The van der Waals surface area contributed by atoms with Crippen LogP contribution in [0, 0.1) is 0 Å². The Balaban J connectivity index is 1.65. The SMILES string of the molecule is CC(=O)c1ccccc1NC(=O)[C@H](C)OC(=O)c1cc2c(s1)CCCC2. The second kappa shape index (κ2) is 7.83. The summed E-state index contributed by atoms with van der Waals surface area (Å²) in [7, 11) is 0. The second-order valence-electron chi connectivity index (χ2n) is 6.40. The van der Waals surface area contributed by atoms with Crippen LogP contribution in [0.4, 0.5) is 5.69 Å². The maximum atomic E-state index is 12.4. The highest BCUT2D eigenvalue weighted by Gasteiger charge is 2.23. The Bertz CT molecular complexity index is 832. The zero-order chi connectivity index (χ0) is 18.7. The Morgan fingerprint density at radius 3 is 2.62 bits per heavy atom. The summed E-state index contributed by atoms with van der Waals surface area (Å²) in [6.07, 6.45) is 3.34. The van der Waals surface area contributed by atoms with Crippen molar-refractivity contribution >= 4 is 34.7 Å².